The van der Waals surface area contributed by atoms with Gasteiger partial charge >= 0.3 is 11.7 Å². The largest absolute Gasteiger partial charge is 0.461 e. The first kappa shape index (κ1) is 32.0. The van der Waals surface area contributed by atoms with Gasteiger partial charge in [0.1, 0.15) is 12.6 Å². The summed E-state index contributed by atoms with van der Waals surface area (Å²) in [7, 11) is 1.75. The Bertz CT molecular complexity index is 1450. The quantitative estimate of drug-likeness (QED) is 0.112. The number of aromatic nitrogens is 2. The zero-order valence-corrected chi connectivity index (χ0v) is 28.1. The van der Waals surface area contributed by atoms with Crippen LogP contribution < -0.4 is 4.90 Å². The van der Waals surface area contributed by atoms with Crippen molar-refractivity contribution in [2.45, 2.75) is 111 Å². The maximum Gasteiger partial charge on any atom is 0.325 e. The van der Waals surface area contributed by atoms with E-state index in [1.165, 1.54) is 63.0 Å². The van der Waals surface area contributed by atoms with Gasteiger partial charge in [0, 0.05) is 19.5 Å². The first-order valence-corrected chi connectivity index (χ1v) is 17.4. The molecule has 6 rings (SSSR count). The number of hydrogen-bond donors (Lipinski definition) is 0. The van der Waals surface area contributed by atoms with E-state index in [2.05, 4.69) is 51.0 Å². The fourth-order valence-corrected chi connectivity index (χ4v) is 10.6. The minimum atomic E-state index is -0.517. The van der Waals surface area contributed by atoms with E-state index in [1.807, 2.05) is 0 Å². The Morgan fingerprint density at radius 1 is 1.09 bits per heavy atom. The van der Waals surface area contributed by atoms with Crippen molar-refractivity contribution >= 4 is 28.4 Å². The molecule has 1 heterocycles. The second kappa shape index (κ2) is 12.3. The predicted octanol–water partition coefficient (Wildman–Crippen LogP) is 8.52. The summed E-state index contributed by atoms with van der Waals surface area (Å²) in [4.78, 5) is 25.6. The molecule has 8 atom stereocenters. The molecule has 4 aliphatic carbocycles. The van der Waals surface area contributed by atoms with Crippen LogP contribution in [0.15, 0.2) is 28.4 Å². The van der Waals surface area contributed by atoms with Gasteiger partial charge in [-0.15, -0.1) is 0 Å². The SMILES string of the molecule is CC(C)CCC[C@@H](C)[C@H]1CC[C@H]2[C@@H]3CC=C4C[C@@H](OC(=O)CN(C)c5ccc([N+](=O)[O-])c6nonc56)CC[C@]4(C)[C@H]3CC[C@]12C. The summed E-state index contributed by atoms with van der Waals surface area (Å²) in [6.45, 7) is 12.4. The molecule has 0 spiro atoms. The van der Waals surface area contributed by atoms with Gasteiger partial charge in [0.2, 0.25) is 5.52 Å². The lowest BCUT2D eigenvalue weighted by Crippen LogP contribution is -2.51. The third kappa shape index (κ3) is 5.78. The number of carbonyl (C=O) groups is 1. The second-order valence-corrected chi connectivity index (χ2v) is 15.8. The molecule has 9 nitrogen and oxygen atoms in total. The number of nitrogens with zero attached hydrogens (tertiary/aromatic N) is 4. The lowest BCUT2D eigenvalue weighted by molar-refractivity contribution is -0.383. The van der Waals surface area contributed by atoms with Crippen molar-refractivity contribution in [3.63, 3.8) is 0 Å². The van der Waals surface area contributed by atoms with E-state index in [0.29, 0.717) is 11.1 Å². The molecular formula is C36H52N4O5. The fourth-order valence-electron chi connectivity index (χ4n) is 10.6. The van der Waals surface area contributed by atoms with Crippen LogP contribution >= 0.6 is 0 Å². The van der Waals surface area contributed by atoms with Gasteiger partial charge in [-0.2, -0.15) is 0 Å². The number of anilines is 1. The van der Waals surface area contributed by atoms with Gasteiger partial charge in [0.15, 0.2) is 5.52 Å². The number of benzene rings is 1. The molecule has 246 valence electrons. The molecule has 1 aromatic heterocycles. The van der Waals surface area contributed by atoms with Crippen LogP contribution in [0.3, 0.4) is 0 Å². The standard InChI is InChI=1S/C36H52N4O5/c1-22(2)8-7-9-23(3)27-12-13-28-26-11-10-24-20-25(16-18-35(24,4)29(26)17-19-36(27,28)5)44-32(41)21-39(6)30-14-15-31(40(42)43)34-33(30)37-45-38-34/h10,14-15,22-23,25-29H,7-9,11-13,16-21H2,1-6H3/t23-,25+,26+,27-,28+,29+,35+,36-/m1/s1. The number of allylic oxidation sites excluding steroid dienone is 1. The van der Waals surface area contributed by atoms with Crippen molar-refractivity contribution in [2.75, 3.05) is 18.5 Å². The van der Waals surface area contributed by atoms with E-state index in [1.54, 1.807) is 18.0 Å². The number of fused-ring (bicyclic) bond motifs is 6. The van der Waals surface area contributed by atoms with Crippen LogP contribution in [0.5, 0.6) is 0 Å². The summed E-state index contributed by atoms with van der Waals surface area (Å²) >= 11 is 0. The monoisotopic (exact) mass is 620 g/mol. The van der Waals surface area contributed by atoms with E-state index < -0.39 is 4.92 Å². The van der Waals surface area contributed by atoms with Crippen molar-refractivity contribution in [3.05, 3.63) is 33.9 Å². The topological polar surface area (TPSA) is 112 Å². The molecule has 9 heteroatoms. The molecular weight excluding hydrogens is 568 g/mol. The van der Waals surface area contributed by atoms with Crippen molar-refractivity contribution in [1.29, 1.82) is 0 Å². The van der Waals surface area contributed by atoms with E-state index in [-0.39, 0.29) is 40.8 Å². The Balaban J connectivity index is 1.08. The molecule has 3 fully saturated rings. The first-order chi connectivity index (χ1) is 21.4. The zero-order valence-electron chi connectivity index (χ0n) is 28.1. The van der Waals surface area contributed by atoms with Crippen molar-refractivity contribution in [2.24, 2.45) is 46.3 Å². The number of nitro groups is 1. The summed E-state index contributed by atoms with van der Waals surface area (Å²) < 4.78 is 10.8. The maximum atomic E-state index is 13.1. The molecule has 2 aromatic rings. The lowest BCUT2D eigenvalue weighted by atomic mass is 9.47. The Morgan fingerprint density at radius 2 is 1.87 bits per heavy atom. The Morgan fingerprint density at radius 3 is 2.62 bits per heavy atom. The van der Waals surface area contributed by atoms with Gasteiger partial charge in [-0.1, -0.05) is 65.5 Å². The van der Waals surface area contributed by atoms with Crippen LogP contribution in [0.25, 0.3) is 11.0 Å². The molecule has 0 radical (unpaired) electrons. The van der Waals surface area contributed by atoms with Gasteiger partial charge in [0.05, 0.1) is 10.6 Å². The highest BCUT2D eigenvalue weighted by Gasteiger charge is 2.59. The normalized spacial score (nSPS) is 33.2. The van der Waals surface area contributed by atoms with Crippen LogP contribution in [0, 0.1) is 56.5 Å². The van der Waals surface area contributed by atoms with Crippen molar-refractivity contribution in [1.82, 2.24) is 10.3 Å². The smallest absolute Gasteiger partial charge is 0.325 e. The highest BCUT2D eigenvalue weighted by Crippen LogP contribution is 2.67. The third-order valence-electron chi connectivity index (χ3n) is 12.9. The lowest BCUT2D eigenvalue weighted by Gasteiger charge is -2.58. The number of rotatable bonds is 10. The van der Waals surface area contributed by atoms with Crippen LogP contribution in [0.2, 0.25) is 0 Å². The summed E-state index contributed by atoms with van der Waals surface area (Å²) in [5.41, 5.74) is 2.88. The number of esters is 1. The van der Waals surface area contributed by atoms with Crippen molar-refractivity contribution in [3.8, 4) is 0 Å². The maximum absolute atomic E-state index is 13.1. The van der Waals surface area contributed by atoms with E-state index in [9.17, 15) is 14.9 Å². The van der Waals surface area contributed by atoms with Crippen molar-refractivity contribution < 1.29 is 19.1 Å². The number of ether oxygens (including phenoxy) is 1. The van der Waals surface area contributed by atoms with Crippen LogP contribution in [0.1, 0.15) is 105 Å². The highest BCUT2D eigenvalue weighted by molar-refractivity contribution is 5.94. The summed E-state index contributed by atoms with van der Waals surface area (Å²) in [6, 6.07) is 2.94. The van der Waals surface area contributed by atoms with E-state index >= 15 is 0 Å². The Labute approximate surface area is 267 Å². The number of non-ortho nitro benzene ring substituents is 1. The average molecular weight is 621 g/mol. The fraction of sp³-hybridized carbons (Fsp3) is 0.750. The molecule has 0 N–H and O–H groups in total. The van der Waals surface area contributed by atoms with E-state index in [0.717, 1.165) is 54.8 Å². The molecule has 0 unspecified atom stereocenters. The second-order valence-electron chi connectivity index (χ2n) is 15.8. The van der Waals surface area contributed by atoms with Crippen LogP contribution in [0.4, 0.5) is 11.4 Å². The predicted molar refractivity (Wildman–Crippen MR) is 175 cm³/mol. The molecule has 3 saturated carbocycles. The molecule has 0 aliphatic heterocycles. The Hall–Kier alpha value is -2.97. The molecule has 4 aliphatic rings. The minimum Gasteiger partial charge on any atom is -0.461 e. The third-order valence-corrected chi connectivity index (χ3v) is 12.9. The molecule has 0 amide bonds. The van der Waals surface area contributed by atoms with Gasteiger partial charge in [-0.3, -0.25) is 14.9 Å². The summed E-state index contributed by atoms with van der Waals surface area (Å²) in [6.07, 6.45) is 16.0. The Kier molecular flexibility index (Phi) is 8.76. The average Bonchev–Trinajstić information content (AvgIpc) is 3.61. The number of hydrogen-bond acceptors (Lipinski definition) is 8. The zero-order chi connectivity index (χ0) is 32.1. The number of carbonyl (C=O) groups excluding carboxylic acids is 1. The van der Waals surface area contributed by atoms with Gasteiger partial charge < -0.3 is 9.64 Å². The highest BCUT2D eigenvalue weighted by atomic mass is 16.6. The van der Waals surface area contributed by atoms with E-state index in [4.69, 9.17) is 9.37 Å². The molecule has 0 saturated heterocycles. The molecule has 1 aromatic carbocycles. The van der Waals surface area contributed by atoms with Crippen LogP contribution in [-0.4, -0.2) is 40.9 Å². The van der Waals surface area contributed by atoms with Gasteiger partial charge in [0.25, 0.3) is 0 Å². The van der Waals surface area contributed by atoms with Gasteiger partial charge in [-0.05, 0) is 108 Å². The first-order valence-electron chi connectivity index (χ1n) is 17.4. The van der Waals surface area contributed by atoms with Crippen LogP contribution in [-0.2, 0) is 9.53 Å². The molecule has 45 heavy (non-hydrogen) atoms. The van der Waals surface area contributed by atoms with Gasteiger partial charge in [-0.25, -0.2) is 4.63 Å². The summed E-state index contributed by atoms with van der Waals surface area (Å²) in [5.74, 6) is 4.52. The number of likely N-dealkylation sites (N-methyl/N-ethyl adjacent to an activating group) is 1. The molecule has 0 bridgehead atoms. The summed E-state index contributed by atoms with van der Waals surface area (Å²) in [5, 5.41) is 18.9. The minimum absolute atomic E-state index is 0.00854. The number of nitro benzene ring substituents is 1.